The van der Waals surface area contributed by atoms with Crippen LogP contribution in [0.2, 0.25) is 0 Å². The van der Waals surface area contributed by atoms with Crippen molar-refractivity contribution < 1.29 is 14.6 Å². The molecule has 0 spiro atoms. The monoisotopic (exact) mass is 335 g/mol. The van der Waals surface area contributed by atoms with E-state index in [0.717, 1.165) is 11.3 Å². The molecule has 1 saturated carbocycles. The van der Waals surface area contributed by atoms with Gasteiger partial charge in [-0.1, -0.05) is 19.1 Å². The van der Waals surface area contributed by atoms with Crippen molar-refractivity contribution in [1.82, 2.24) is 0 Å². The van der Waals surface area contributed by atoms with Gasteiger partial charge in [-0.2, -0.15) is 0 Å². The zero-order chi connectivity index (χ0) is 17.4. The van der Waals surface area contributed by atoms with Crippen molar-refractivity contribution in [1.29, 1.82) is 0 Å². The number of anilines is 1. The molecule has 1 N–H and O–H groups in total. The molecule has 2 aliphatic rings. The van der Waals surface area contributed by atoms with Gasteiger partial charge in [0.2, 0.25) is 0 Å². The molecule has 2 aromatic carbocycles. The van der Waals surface area contributed by atoms with Gasteiger partial charge in [-0.15, -0.1) is 0 Å². The van der Waals surface area contributed by atoms with Gasteiger partial charge in [-0.3, -0.25) is 4.79 Å². The number of ether oxygens (including phenoxy) is 1. The smallest absolute Gasteiger partial charge is 0.294 e. The Morgan fingerprint density at radius 3 is 2.60 bits per heavy atom. The number of phenolic OH excluding ortho intramolecular Hbond substituents is 1. The third-order valence-corrected chi connectivity index (χ3v) is 4.83. The number of amides is 1. The summed E-state index contributed by atoms with van der Waals surface area (Å²) in [7, 11) is 0. The second-order valence-corrected chi connectivity index (χ2v) is 6.60. The fourth-order valence-electron chi connectivity index (χ4n) is 3.16. The van der Waals surface area contributed by atoms with Gasteiger partial charge in [0.05, 0.1) is 0 Å². The lowest BCUT2D eigenvalue weighted by Crippen LogP contribution is -2.27. The quantitative estimate of drug-likeness (QED) is 0.893. The van der Waals surface area contributed by atoms with E-state index in [9.17, 15) is 9.90 Å². The van der Waals surface area contributed by atoms with Gasteiger partial charge in [0, 0.05) is 12.2 Å². The molecule has 1 fully saturated rings. The van der Waals surface area contributed by atoms with Crippen LogP contribution in [0.5, 0.6) is 11.5 Å². The first kappa shape index (κ1) is 15.8. The summed E-state index contributed by atoms with van der Waals surface area (Å²) in [6.07, 6.45) is 5.05. The molecule has 0 unspecified atom stereocenters. The summed E-state index contributed by atoms with van der Waals surface area (Å²) < 4.78 is 5.80. The maximum atomic E-state index is 12.7. The van der Waals surface area contributed by atoms with Crippen molar-refractivity contribution in [2.24, 2.45) is 0 Å². The normalized spacial score (nSPS) is 16.9. The molecule has 4 heteroatoms. The zero-order valence-electron chi connectivity index (χ0n) is 14.2. The predicted molar refractivity (Wildman–Crippen MR) is 97.0 cm³/mol. The Labute approximate surface area is 147 Å². The topological polar surface area (TPSA) is 49.8 Å². The second-order valence-electron chi connectivity index (χ2n) is 6.60. The van der Waals surface area contributed by atoms with Crippen molar-refractivity contribution in [3.05, 3.63) is 65.4 Å². The molecule has 0 saturated heterocycles. The van der Waals surface area contributed by atoms with E-state index in [1.807, 2.05) is 25.1 Å². The first-order valence-corrected chi connectivity index (χ1v) is 8.77. The summed E-state index contributed by atoms with van der Waals surface area (Å²) in [5.74, 6) is 1.85. The van der Waals surface area contributed by atoms with Crippen LogP contribution < -0.4 is 9.64 Å². The van der Waals surface area contributed by atoms with E-state index in [-0.39, 0.29) is 11.7 Å². The van der Waals surface area contributed by atoms with Crippen LogP contribution in [0.1, 0.15) is 36.8 Å². The van der Waals surface area contributed by atoms with E-state index in [0.29, 0.717) is 30.4 Å². The number of aromatic hydroxyl groups is 1. The lowest BCUT2D eigenvalue weighted by molar-refractivity contribution is -0.116. The lowest BCUT2D eigenvalue weighted by atomic mass is 10.1. The van der Waals surface area contributed by atoms with Gasteiger partial charge < -0.3 is 14.7 Å². The standard InChI is InChI=1S/C21H21NO3/c1-2-14-13-17(7-10-19(14)23)22-12-11-20(21(22)24)25-18-8-5-16(6-9-18)15-3-4-15/h5-11,13,15,23H,2-4,12H2,1H3. The van der Waals surface area contributed by atoms with Gasteiger partial charge in [-0.25, -0.2) is 0 Å². The third kappa shape index (κ3) is 3.12. The predicted octanol–water partition coefficient (Wildman–Crippen LogP) is 4.14. The van der Waals surface area contributed by atoms with E-state index in [1.54, 1.807) is 23.1 Å². The van der Waals surface area contributed by atoms with Crippen LogP contribution in [-0.4, -0.2) is 17.6 Å². The Morgan fingerprint density at radius 2 is 1.92 bits per heavy atom. The Morgan fingerprint density at radius 1 is 1.16 bits per heavy atom. The number of phenols is 1. The van der Waals surface area contributed by atoms with Gasteiger partial charge in [0.25, 0.3) is 5.91 Å². The first-order valence-electron chi connectivity index (χ1n) is 8.77. The van der Waals surface area contributed by atoms with Crippen LogP contribution in [0.4, 0.5) is 5.69 Å². The largest absolute Gasteiger partial charge is 0.508 e. The first-order chi connectivity index (χ1) is 12.2. The van der Waals surface area contributed by atoms with Crippen molar-refractivity contribution in [2.75, 3.05) is 11.4 Å². The highest BCUT2D eigenvalue weighted by atomic mass is 16.5. The lowest BCUT2D eigenvalue weighted by Gasteiger charge is -2.18. The van der Waals surface area contributed by atoms with Crippen molar-refractivity contribution in [2.45, 2.75) is 32.1 Å². The highest BCUT2D eigenvalue weighted by Gasteiger charge is 2.28. The Hall–Kier alpha value is -2.75. The molecule has 1 aliphatic carbocycles. The molecule has 1 amide bonds. The van der Waals surface area contributed by atoms with Crippen LogP contribution in [0.15, 0.2) is 54.3 Å². The summed E-state index contributed by atoms with van der Waals surface area (Å²) >= 11 is 0. The second kappa shape index (κ2) is 6.28. The zero-order valence-corrected chi connectivity index (χ0v) is 14.2. The number of hydrogen-bond acceptors (Lipinski definition) is 3. The molecule has 4 rings (SSSR count). The van der Waals surface area contributed by atoms with Crippen molar-refractivity contribution >= 4 is 11.6 Å². The molecule has 1 heterocycles. The molecule has 128 valence electrons. The molecule has 0 atom stereocenters. The van der Waals surface area contributed by atoms with Crippen molar-refractivity contribution in [3.8, 4) is 11.5 Å². The minimum absolute atomic E-state index is 0.154. The number of carbonyl (C=O) groups is 1. The fourth-order valence-corrected chi connectivity index (χ4v) is 3.16. The maximum Gasteiger partial charge on any atom is 0.294 e. The molecule has 2 aromatic rings. The fraction of sp³-hybridized carbons (Fsp3) is 0.286. The van der Waals surface area contributed by atoms with E-state index >= 15 is 0 Å². The highest BCUT2D eigenvalue weighted by molar-refractivity contribution is 6.07. The van der Waals surface area contributed by atoms with Crippen LogP contribution in [0, 0.1) is 0 Å². The van der Waals surface area contributed by atoms with E-state index in [1.165, 1.54) is 18.4 Å². The van der Waals surface area contributed by atoms with Crippen LogP contribution in [-0.2, 0) is 11.2 Å². The number of aryl methyl sites for hydroxylation is 1. The summed E-state index contributed by atoms with van der Waals surface area (Å²) in [5.41, 5.74) is 2.95. The Kier molecular flexibility index (Phi) is 3.96. The number of hydrogen-bond donors (Lipinski definition) is 1. The van der Waals surface area contributed by atoms with Crippen molar-refractivity contribution in [3.63, 3.8) is 0 Å². The van der Waals surface area contributed by atoms with Gasteiger partial charge in [0.15, 0.2) is 5.76 Å². The van der Waals surface area contributed by atoms with Gasteiger partial charge >= 0.3 is 0 Å². The Bertz CT molecular complexity index is 835. The molecular weight excluding hydrogens is 314 g/mol. The summed E-state index contributed by atoms with van der Waals surface area (Å²) in [4.78, 5) is 14.3. The molecule has 0 radical (unpaired) electrons. The van der Waals surface area contributed by atoms with E-state index < -0.39 is 0 Å². The molecule has 25 heavy (non-hydrogen) atoms. The maximum absolute atomic E-state index is 12.7. The number of carbonyl (C=O) groups excluding carboxylic acids is 1. The number of nitrogens with zero attached hydrogens (tertiary/aromatic N) is 1. The average Bonchev–Trinajstić information content (AvgIpc) is 3.42. The van der Waals surface area contributed by atoms with Gasteiger partial charge in [-0.05, 0) is 72.7 Å². The summed E-state index contributed by atoms with van der Waals surface area (Å²) in [6, 6.07) is 13.3. The summed E-state index contributed by atoms with van der Waals surface area (Å²) in [6.45, 7) is 2.45. The molecule has 0 bridgehead atoms. The SMILES string of the molecule is CCc1cc(N2CC=C(Oc3ccc(C4CC4)cc3)C2=O)ccc1O. The minimum Gasteiger partial charge on any atom is -0.508 e. The van der Waals surface area contributed by atoms with Crippen LogP contribution in [0.25, 0.3) is 0 Å². The summed E-state index contributed by atoms with van der Waals surface area (Å²) in [5, 5.41) is 9.82. The molecule has 4 nitrogen and oxygen atoms in total. The van der Waals surface area contributed by atoms with E-state index in [4.69, 9.17) is 4.74 Å². The molecule has 1 aliphatic heterocycles. The van der Waals surface area contributed by atoms with Crippen LogP contribution in [0.3, 0.4) is 0 Å². The highest BCUT2D eigenvalue weighted by Crippen LogP contribution is 2.40. The third-order valence-electron chi connectivity index (χ3n) is 4.83. The van der Waals surface area contributed by atoms with E-state index in [2.05, 4.69) is 12.1 Å². The average molecular weight is 335 g/mol. The number of benzene rings is 2. The molecule has 0 aromatic heterocycles. The van der Waals surface area contributed by atoms with Gasteiger partial charge in [0.1, 0.15) is 11.5 Å². The number of rotatable bonds is 5. The minimum atomic E-state index is -0.154. The van der Waals surface area contributed by atoms with Crippen LogP contribution >= 0.6 is 0 Å². The Balaban J connectivity index is 1.47. The molecular formula is C21H21NO3.